The molecule has 4 aromatic rings. The molecule has 162 valence electrons. The lowest BCUT2D eigenvalue weighted by atomic mass is 10.2. The molecule has 1 aliphatic rings. The molecule has 0 saturated heterocycles. The number of nitrogens with zero attached hydrogens (tertiary/aromatic N) is 2. The van der Waals surface area contributed by atoms with Gasteiger partial charge in [0.25, 0.3) is 0 Å². The first-order valence-electron chi connectivity index (χ1n) is 9.90. The minimum atomic E-state index is 0.257. The normalized spacial score (nSPS) is 12.1. The Labute approximate surface area is 189 Å². The lowest BCUT2D eigenvalue weighted by Gasteiger charge is -2.12. The summed E-state index contributed by atoms with van der Waals surface area (Å²) in [5.74, 6) is 2.73. The summed E-state index contributed by atoms with van der Waals surface area (Å²) >= 11 is 5.45. The van der Waals surface area contributed by atoms with Crippen molar-refractivity contribution in [3.05, 3.63) is 54.1 Å². The van der Waals surface area contributed by atoms with Gasteiger partial charge in [0.2, 0.25) is 6.79 Å². The molecule has 0 atom stereocenters. The van der Waals surface area contributed by atoms with Crippen LogP contribution in [0.2, 0.25) is 0 Å². The maximum Gasteiger partial charge on any atom is 0.231 e. The summed E-state index contributed by atoms with van der Waals surface area (Å²) in [6.07, 6.45) is 0. The number of fused-ring (bicyclic) bond motifs is 3. The molecule has 8 nitrogen and oxygen atoms in total. The molecule has 2 N–H and O–H groups in total. The first-order chi connectivity index (χ1) is 15.6. The smallest absolute Gasteiger partial charge is 0.231 e. The maximum atomic E-state index is 5.45. The molecule has 0 aliphatic carbocycles. The third-order valence-corrected chi connectivity index (χ3v) is 5.33. The van der Waals surface area contributed by atoms with Crippen molar-refractivity contribution in [2.75, 3.05) is 26.3 Å². The summed E-state index contributed by atoms with van der Waals surface area (Å²) in [7, 11) is 3.19. The Morgan fingerprint density at radius 1 is 0.875 bits per heavy atom. The van der Waals surface area contributed by atoms with E-state index in [0.717, 1.165) is 44.8 Å². The first kappa shape index (κ1) is 20.1. The highest BCUT2D eigenvalue weighted by molar-refractivity contribution is 7.80. The molecular weight excluding hydrogens is 428 g/mol. The van der Waals surface area contributed by atoms with Gasteiger partial charge < -0.3 is 29.6 Å². The SMILES string of the molecule is COc1cc2nc3ccc(NC(=S)NCc4ccc5c(c4)OCO5)cc3nc2cc1OC. The number of ether oxygens (including phenoxy) is 4. The van der Waals surface area contributed by atoms with Crippen molar-refractivity contribution >= 4 is 45.1 Å². The van der Waals surface area contributed by atoms with Gasteiger partial charge in [-0.2, -0.15) is 0 Å². The monoisotopic (exact) mass is 448 g/mol. The van der Waals surface area contributed by atoms with Crippen molar-refractivity contribution in [2.24, 2.45) is 0 Å². The zero-order valence-corrected chi connectivity index (χ0v) is 18.3. The minimum absolute atomic E-state index is 0.257. The minimum Gasteiger partial charge on any atom is -0.493 e. The van der Waals surface area contributed by atoms with Gasteiger partial charge in [0.1, 0.15) is 0 Å². The average molecular weight is 449 g/mol. The van der Waals surface area contributed by atoms with Gasteiger partial charge in [0.15, 0.2) is 28.1 Å². The Hall–Kier alpha value is -3.85. The highest BCUT2D eigenvalue weighted by Gasteiger charge is 2.13. The van der Waals surface area contributed by atoms with E-state index in [1.807, 2.05) is 48.5 Å². The van der Waals surface area contributed by atoms with Crippen LogP contribution in [-0.4, -0.2) is 36.1 Å². The lowest BCUT2D eigenvalue weighted by Crippen LogP contribution is -2.27. The Morgan fingerprint density at radius 3 is 2.31 bits per heavy atom. The van der Waals surface area contributed by atoms with Crippen molar-refractivity contribution in [3.8, 4) is 23.0 Å². The topological polar surface area (TPSA) is 86.8 Å². The van der Waals surface area contributed by atoms with Gasteiger partial charge in [0, 0.05) is 24.4 Å². The number of nitrogens with one attached hydrogen (secondary N) is 2. The number of thiocarbonyl (C=S) groups is 1. The molecule has 3 aromatic carbocycles. The largest absolute Gasteiger partial charge is 0.493 e. The summed E-state index contributed by atoms with van der Waals surface area (Å²) in [5.41, 5.74) is 4.82. The van der Waals surface area contributed by atoms with E-state index in [4.69, 9.17) is 41.1 Å². The van der Waals surface area contributed by atoms with Crippen LogP contribution in [0.3, 0.4) is 0 Å². The van der Waals surface area contributed by atoms with Crippen LogP contribution in [0.25, 0.3) is 22.1 Å². The van der Waals surface area contributed by atoms with Crippen LogP contribution in [0, 0.1) is 0 Å². The van der Waals surface area contributed by atoms with E-state index in [1.54, 1.807) is 14.2 Å². The lowest BCUT2D eigenvalue weighted by molar-refractivity contribution is 0.174. The molecule has 5 rings (SSSR count). The number of anilines is 1. The van der Waals surface area contributed by atoms with Crippen molar-refractivity contribution in [3.63, 3.8) is 0 Å². The summed E-state index contributed by atoms with van der Waals surface area (Å²) < 4.78 is 21.5. The van der Waals surface area contributed by atoms with Gasteiger partial charge in [-0.25, -0.2) is 9.97 Å². The third-order valence-electron chi connectivity index (χ3n) is 5.09. The third kappa shape index (κ3) is 3.90. The fourth-order valence-corrected chi connectivity index (χ4v) is 3.68. The van der Waals surface area contributed by atoms with Crippen LogP contribution >= 0.6 is 12.2 Å². The number of rotatable bonds is 5. The summed E-state index contributed by atoms with van der Waals surface area (Å²) in [6, 6.07) is 15.2. The molecule has 0 bridgehead atoms. The van der Waals surface area contributed by atoms with Crippen LogP contribution in [0.15, 0.2) is 48.5 Å². The van der Waals surface area contributed by atoms with Crippen LogP contribution in [0.4, 0.5) is 5.69 Å². The van der Waals surface area contributed by atoms with Crippen LogP contribution in [0.5, 0.6) is 23.0 Å². The average Bonchev–Trinajstić information content (AvgIpc) is 3.28. The predicted molar refractivity (Wildman–Crippen MR) is 126 cm³/mol. The molecule has 0 radical (unpaired) electrons. The quantitative estimate of drug-likeness (QED) is 0.347. The second kappa shape index (κ2) is 8.35. The van der Waals surface area contributed by atoms with E-state index < -0.39 is 0 Å². The summed E-state index contributed by atoms with van der Waals surface area (Å²) in [6.45, 7) is 0.814. The number of hydrogen-bond acceptors (Lipinski definition) is 7. The molecule has 1 aromatic heterocycles. The molecule has 0 spiro atoms. The maximum absolute atomic E-state index is 5.45. The van der Waals surface area contributed by atoms with Crippen LogP contribution in [-0.2, 0) is 6.54 Å². The summed E-state index contributed by atoms with van der Waals surface area (Å²) in [5, 5.41) is 6.90. The number of aromatic nitrogens is 2. The van der Waals surface area contributed by atoms with E-state index in [9.17, 15) is 0 Å². The van der Waals surface area contributed by atoms with Crippen molar-refractivity contribution < 1.29 is 18.9 Å². The number of benzene rings is 3. The van der Waals surface area contributed by atoms with Crippen molar-refractivity contribution in [1.29, 1.82) is 0 Å². The van der Waals surface area contributed by atoms with E-state index in [-0.39, 0.29) is 6.79 Å². The highest BCUT2D eigenvalue weighted by Crippen LogP contribution is 2.33. The number of hydrogen-bond donors (Lipinski definition) is 2. The fraction of sp³-hybridized carbons (Fsp3) is 0.174. The van der Waals surface area contributed by atoms with Crippen molar-refractivity contribution in [1.82, 2.24) is 15.3 Å². The molecule has 32 heavy (non-hydrogen) atoms. The highest BCUT2D eigenvalue weighted by atomic mass is 32.1. The zero-order valence-electron chi connectivity index (χ0n) is 17.5. The van der Waals surface area contributed by atoms with Gasteiger partial charge in [-0.3, -0.25) is 0 Å². The molecule has 9 heteroatoms. The first-order valence-corrected chi connectivity index (χ1v) is 10.3. The van der Waals surface area contributed by atoms with Gasteiger partial charge in [-0.15, -0.1) is 0 Å². The second-order valence-corrected chi connectivity index (χ2v) is 7.53. The predicted octanol–water partition coefficient (Wildman–Crippen LogP) is 4.02. The number of methoxy groups -OCH3 is 2. The van der Waals surface area contributed by atoms with Gasteiger partial charge in [-0.05, 0) is 48.1 Å². The zero-order chi connectivity index (χ0) is 22.1. The van der Waals surface area contributed by atoms with Gasteiger partial charge >= 0.3 is 0 Å². The molecule has 0 unspecified atom stereocenters. The van der Waals surface area contributed by atoms with Gasteiger partial charge in [0.05, 0.1) is 36.3 Å². The second-order valence-electron chi connectivity index (χ2n) is 7.12. The Kier molecular flexibility index (Phi) is 5.24. The molecule has 1 aliphatic heterocycles. The van der Waals surface area contributed by atoms with E-state index in [0.29, 0.717) is 23.2 Å². The Morgan fingerprint density at radius 2 is 1.56 bits per heavy atom. The molecule has 0 amide bonds. The Balaban J connectivity index is 1.32. The van der Waals surface area contributed by atoms with E-state index in [1.165, 1.54) is 0 Å². The Bertz CT molecular complexity index is 1340. The van der Waals surface area contributed by atoms with Gasteiger partial charge in [-0.1, -0.05) is 6.07 Å². The van der Waals surface area contributed by atoms with E-state index in [2.05, 4.69) is 10.6 Å². The van der Waals surface area contributed by atoms with Crippen molar-refractivity contribution in [2.45, 2.75) is 6.54 Å². The van der Waals surface area contributed by atoms with E-state index >= 15 is 0 Å². The standard InChI is InChI=1S/C23H20N4O4S/c1-28-20-9-17-18(10-21(20)29-2)27-16-8-14(4-5-15(16)26-17)25-23(32)24-11-13-3-6-19-22(7-13)31-12-30-19/h3-10H,11-12H2,1-2H3,(H2,24,25,32). The fourth-order valence-electron chi connectivity index (χ4n) is 3.49. The molecule has 0 saturated carbocycles. The molecule has 2 heterocycles. The van der Waals surface area contributed by atoms with Crippen LogP contribution < -0.4 is 29.6 Å². The van der Waals surface area contributed by atoms with Crippen LogP contribution in [0.1, 0.15) is 5.56 Å². The molecule has 0 fully saturated rings. The molecular formula is C23H20N4O4S. The summed E-state index contributed by atoms with van der Waals surface area (Å²) in [4.78, 5) is 9.42.